The van der Waals surface area contributed by atoms with E-state index in [0.717, 1.165) is 41.7 Å². The first-order chi connectivity index (χ1) is 16.9. The highest BCUT2D eigenvalue weighted by atomic mass is 32.2. The number of benzene rings is 2. The Labute approximate surface area is 207 Å². The molecule has 2 aliphatic rings. The molecule has 0 atom stereocenters. The summed E-state index contributed by atoms with van der Waals surface area (Å²) in [7, 11) is -3.56. The Morgan fingerprint density at radius 3 is 2.46 bits per heavy atom. The second kappa shape index (κ2) is 10.0. The minimum Gasteiger partial charge on any atom is -0.379 e. The van der Waals surface area contributed by atoms with Crippen LogP contribution in [0.25, 0.3) is 11.3 Å². The molecule has 1 saturated carbocycles. The molecule has 0 amide bonds. The number of ether oxygens (including phenoxy) is 1. The molecule has 1 aromatic heterocycles. The third-order valence-electron chi connectivity index (χ3n) is 6.45. The number of nitro benzene ring substituents is 1. The number of thiazole rings is 1. The summed E-state index contributed by atoms with van der Waals surface area (Å²) in [6, 6.07) is 13.6. The topological polar surface area (TPSA) is 107 Å². The number of non-ortho nitro benzene ring substituents is 1. The maximum Gasteiger partial charge on any atom is 0.270 e. The first kappa shape index (κ1) is 23.9. The van der Waals surface area contributed by atoms with Crippen LogP contribution < -0.4 is 4.80 Å². The predicted molar refractivity (Wildman–Crippen MR) is 133 cm³/mol. The molecule has 0 radical (unpaired) electrons. The Kier molecular flexibility index (Phi) is 6.83. The lowest BCUT2D eigenvalue weighted by Crippen LogP contribution is -2.40. The molecule has 11 heteroatoms. The normalized spacial score (nSPS) is 18.2. The van der Waals surface area contributed by atoms with Gasteiger partial charge in [0.1, 0.15) is 0 Å². The maximum atomic E-state index is 12.9. The molecule has 1 aliphatic heterocycles. The van der Waals surface area contributed by atoms with Gasteiger partial charge in [0.15, 0.2) is 4.80 Å². The minimum absolute atomic E-state index is 0.0576. The lowest BCUT2D eigenvalue weighted by atomic mass is 10.1. The average molecular weight is 515 g/mol. The molecule has 1 saturated heterocycles. The van der Waals surface area contributed by atoms with Crippen molar-refractivity contribution < 1.29 is 18.1 Å². The number of hydrogen-bond donors (Lipinski definition) is 0. The van der Waals surface area contributed by atoms with E-state index in [1.165, 1.54) is 21.7 Å². The fourth-order valence-corrected chi connectivity index (χ4v) is 7.04. The largest absolute Gasteiger partial charge is 0.379 e. The van der Waals surface area contributed by atoms with Gasteiger partial charge in [-0.2, -0.15) is 4.31 Å². The van der Waals surface area contributed by atoms with Crippen molar-refractivity contribution in [2.75, 3.05) is 26.3 Å². The van der Waals surface area contributed by atoms with Gasteiger partial charge in [0.05, 0.1) is 34.4 Å². The number of sulfonamides is 1. The Hall–Kier alpha value is -2.86. The Balaban J connectivity index is 1.51. The second-order valence-corrected chi connectivity index (χ2v) is 11.4. The summed E-state index contributed by atoms with van der Waals surface area (Å²) in [5.74, 6) is 0. The van der Waals surface area contributed by atoms with Crippen LogP contribution in [-0.4, -0.2) is 48.5 Å². The molecule has 2 aromatic carbocycles. The number of nitro groups is 1. The molecule has 35 heavy (non-hydrogen) atoms. The van der Waals surface area contributed by atoms with Crippen molar-refractivity contribution in [3.63, 3.8) is 0 Å². The highest BCUT2D eigenvalue weighted by molar-refractivity contribution is 7.89. The SMILES string of the molecule is O=[N+]([O-])c1cccc(-c2csc(=Nc3ccc(S(=O)(=O)N4CCOCC4)cc3)n2C2CCCC2)c1. The van der Waals surface area contributed by atoms with E-state index in [4.69, 9.17) is 9.73 Å². The molecule has 0 bridgehead atoms. The summed E-state index contributed by atoms with van der Waals surface area (Å²) in [4.78, 5) is 16.8. The number of morpholine rings is 1. The van der Waals surface area contributed by atoms with E-state index in [9.17, 15) is 18.5 Å². The van der Waals surface area contributed by atoms with Crippen molar-refractivity contribution in [2.24, 2.45) is 4.99 Å². The molecular formula is C24H26N4O5S2. The van der Waals surface area contributed by atoms with Crippen LogP contribution in [0.4, 0.5) is 11.4 Å². The van der Waals surface area contributed by atoms with Crippen LogP contribution in [-0.2, 0) is 14.8 Å². The number of hydrogen-bond acceptors (Lipinski definition) is 7. The first-order valence-corrected chi connectivity index (χ1v) is 13.9. The fourth-order valence-electron chi connectivity index (χ4n) is 4.65. The van der Waals surface area contributed by atoms with E-state index in [1.54, 1.807) is 36.4 Å². The van der Waals surface area contributed by atoms with E-state index in [0.29, 0.717) is 32.0 Å². The van der Waals surface area contributed by atoms with E-state index in [1.807, 2.05) is 11.4 Å². The third-order valence-corrected chi connectivity index (χ3v) is 9.21. The van der Waals surface area contributed by atoms with Gasteiger partial charge >= 0.3 is 0 Å². The lowest BCUT2D eigenvalue weighted by molar-refractivity contribution is -0.384. The van der Waals surface area contributed by atoms with E-state index in [-0.39, 0.29) is 21.5 Å². The van der Waals surface area contributed by atoms with Crippen LogP contribution in [0.5, 0.6) is 0 Å². The molecule has 9 nitrogen and oxygen atoms in total. The van der Waals surface area contributed by atoms with Gasteiger partial charge in [0.2, 0.25) is 10.0 Å². The number of nitrogens with zero attached hydrogens (tertiary/aromatic N) is 4. The van der Waals surface area contributed by atoms with E-state index < -0.39 is 10.0 Å². The summed E-state index contributed by atoms with van der Waals surface area (Å²) in [5, 5.41) is 13.3. The highest BCUT2D eigenvalue weighted by Gasteiger charge is 2.26. The van der Waals surface area contributed by atoms with Crippen LogP contribution in [0.1, 0.15) is 31.7 Å². The van der Waals surface area contributed by atoms with Crippen molar-refractivity contribution in [3.8, 4) is 11.3 Å². The van der Waals surface area contributed by atoms with Crippen molar-refractivity contribution in [2.45, 2.75) is 36.6 Å². The molecule has 184 valence electrons. The zero-order valence-electron chi connectivity index (χ0n) is 19.1. The van der Waals surface area contributed by atoms with Gasteiger partial charge in [0.25, 0.3) is 5.69 Å². The van der Waals surface area contributed by atoms with E-state index in [2.05, 4.69) is 4.57 Å². The van der Waals surface area contributed by atoms with Crippen molar-refractivity contribution in [1.82, 2.24) is 8.87 Å². The second-order valence-electron chi connectivity index (χ2n) is 8.64. The molecule has 0 N–H and O–H groups in total. The van der Waals surface area contributed by atoms with Gasteiger partial charge in [0, 0.05) is 42.2 Å². The molecule has 5 rings (SSSR count). The molecule has 2 heterocycles. The Morgan fingerprint density at radius 2 is 1.77 bits per heavy atom. The van der Waals surface area contributed by atoms with Crippen LogP contribution in [0.2, 0.25) is 0 Å². The van der Waals surface area contributed by atoms with Crippen LogP contribution >= 0.6 is 11.3 Å². The predicted octanol–water partition coefficient (Wildman–Crippen LogP) is 4.49. The number of aromatic nitrogens is 1. The molecule has 2 fully saturated rings. The monoisotopic (exact) mass is 514 g/mol. The average Bonchev–Trinajstić information content (AvgIpc) is 3.55. The van der Waals surface area contributed by atoms with Gasteiger partial charge in [-0.15, -0.1) is 11.3 Å². The minimum atomic E-state index is -3.56. The Morgan fingerprint density at radius 1 is 1.06 bits per heavy atom. The summed E-state index contributed by atoms with van der Waals surface area (Å²) in [6.07, 6.45) is 4.33. The van der Waals surface area contributed by atoms with Gasteiger partial charge in [-0.25, -0.2) is 13.4 Å². The lowest BCUT2D eigenvalue weighted by Gasteiger charge is -2.26. The molecule has 0 spiro atoms. The standard InChI is InChI=1S/C24H26N4O5S2/c29-28(30)21-7-3-4-18(16-21)23-17-34-24(27(23)20-5-1-2-6-20)25-19-8-10-22(11-9-19)35(31,32)26-12-14-33-15-13-26/h3-4,7-11,16-17,20H,1-2,5-6,12-15H2. The van der Waals surface area contributed by atoms with E-state index >= 15 is 0 Å². The molecule has 1 aliphatic carbocycles. The smallest absolute Gasteiger partial charge is 0.270 e. The zero-order valence-corrected chi connectivity index (χ0v) is 20.7. The Bertz CT molecular complexity index is 1380. The first-order valence-electron chi connectivity index (χ1n) is 11.6. The molecular weight excluding hydrogens is 488 g/mol. The maximum absolute atomic E-state index is 12.9. The van der Waals surface area contributed by atoms with Crippen LogP contribution in [0, 0.1) is 10.1 Å². The van der Waals surface area contributed by atoms with Crippen molar-refractivity contribution in [3.05, 3.63) is 68.8 Å². The summed E-state index contributed by atoms with van der Waals surface area (Å²) < 4.78 is 34.7. The van der Waals surface area contributed by atoms with Gasteiger partial charge < -0.3 is 9.30 Å². The van der Waals surface area contributed by atoms with Crippen molar-refractivity contribution in [1.29, 1.82) is 0 Å². The van der Waals surface area contributed by atoms with Crippen LogP contribution in [0.3, 0.4) is 0 Å². The zero-order chi connectivity index (χ0) is 24.4. The summed E-state index contributed by atoms with van der Waals surface area (Å²) in [6.45, 7) is 1.51. The third kappa shape index (κ3) is 4.94. The van der Waals surface area contributed by atoms with Gasteiger partial charge in [-0.1, -0.05) is 25.0 Å². The summed E-state index contributed by atoms with van der Waals surface area (Å²) in [5.41, 5.74) is 2.42. The molecule has 3 aromatic rings. The summed E-state index contributed by atoms with van der Waals surface area (Å²) >= 11 is 1.49. The number of rotatable bonds is 6. The highest BCUT2D eigenvalue weighted by Crippen LogP contribution is 2.34. The van der Waals surface area contributed by atoms with Gasteiger partial charge in [-0.05, 0) is 37.1 Å². The molecule has 0 unspecified atom stereocenters. The van der Waals surface area contributed by atoms with Gasteiger partial charge in [-0.3, -0.25) is 10.1 Å². The quantitative estimate of drug-likeness (QED) is 0.356. The fraction of sp³-hybridized carbons (Fsp3) is 0.375. The van der Waals surface area contributed by atoms with Crippen molar-refractivity contribution >= 4 is 32.7 Å². The van der Waals surface area contributed by atoms with Crippen LogP contribution in [0.15, 0.2) is 63.8 Å².